The van der Waals surface area contributed by atoms with E-state index >= 15 is 0 Å². The maximum atomic E-state index is 11.8. The number of hydrogen-bond acceptors (Lipinski definition) is 3. The number of carbonyl (C=O) groups excluding carboxylic acids is 1. The predicted molar refractivity (Wildman–Crippen MR) is 64.0 cm³/mol. The molecule has 2 fully saturated rings. The van der Waals surface area contributed by atoms with Crippen LogP contribution in [-0.4, -0.2) is 36.5 Å². The molecule has 2 N–H and O–H groups in total. The van der Waals surface area contributed by atoms with Gasteiger partial charge in [0.2, 0.25) is 5.91 Å². The van der Waals surface area contributed by atoms with Crippen LogP contribution in [0.3, 0.4) is 0 Å². The molecule has 2 unspecified atom stereocenters. The largest absolute Gasteiger partial charge is 0.354 e. The zero-order valence-electron chi connectivity index (χ0n) is 9.29. The quantitative estimate of drug-likeness (QED) is 0.749. The van der Waals surface area contributed by atoms with Crippen LogP contribution in [0.1, 0.15) is 19.8 Å². The summed E-state index contributed by atoms with van der Waals surface area (Å²) >= 11 is 1.86. The second kappa shape index (κ2) is 5.21. The van der Waals surface area contributed by atoms with Crippen molar-refractivity contribution in [2.24, 2.45) is 11.8 Å². The number of rotatable bonds is 4. The lowest BCUT2D eigenvalue weighted by atomic mass is 10.1. The topological polar surface area (TPSA) is 41.1 Å². The van der Waals surface area contributed by atoms with Crippen LogP contribution in [0, 0.1) is 11.8 Å². The van der Waals surface area contributed by atoms with Crippen LogP contribution in [0.15, 0.2) is 0 Å². The first-order valence-electron chi connectivity index (χ1n) is 5.86. The van der Waals surface area contributed by atoms with Crippen molar-refractivity contribution in [3.05, 3.63) is 0 Å². The minimum atomic E-state index is 0.0372. The Morgan fingerprint density at radius 3 is 3.00 bits per heavy atom. The number of carbonyl (C=O) groups is 1. The lowest BCUT2D eigenvalue weighted by Crippen LogP contribution is -2.49. The Morgan fingerprint density at radius 2 is 2.40 bits per heavy atom. The van der Waals surface area contributed by atoms with Gasteiger partial charge in [-0.1, -0.05) is 6.92 Å². The summed E-state index contributed by atoms with van der Waals surface area (Å²) in [6.07, 6.45) is 2.71. The van der Waals surface area contributed by atoms with Gasteiger partial charge in [-0.25, -0.2) is 0 Å². The molecule has 1 aliphatic heterocycles. The number of nitrogens with one attached hydrogen (secondary N) is 2. The Hall–Kier alpha value is -0.220. The monoisotopic (exact) mass is 228 g/mol. The lowest BCUT2D eigenvalue weighted by molar-refractivity contribution is -0.122. The lowest BCUT2D eigenvalue weighted by Gasteiger charge is -2.23. The second-order valence-corrected chi connectivity index (χ2v) is 5.79. The molecule has 2 aliphatic rings. The molecule has 1 aliphatic carbocycles. The summed E-state index contributed by atoms with van der Waals surface area (Å²) in [4.78, 5) is 11.8. The van der Waals surface area contributed by atoms with Crippen molar-refractivity contribution in [3.63, 3.8) is 0 Å². The molecule has 15 heavy (non-hydrogen) atoms. The van der Waals surface area contributed by atoms with Gasteiger partial charge >= 0.3 is 0 Å². The van der Waals surface area contributed by atoms with Crippen LogP contribution in [-0.2, 0) is 4.79 Å². The van der Waals surface area contributed by atoms with Crippen LogP contribution >= 0.6 is 11.8 Å². The van der Waals surface area contributed by atoms with Crippen LogP contribution in [0.2, 0.25) is 0 Å². The van der Waals surface area contributed by atoms with Crippen LogP contribution in [0.4, 0.5) is 0 Å². The smallest absolute Gasteiger partial charge is 0.238 e. The highest BCUT2D eigenvalue weighted by Gasteiger charge is 2.28. The molecular weight excluding hydrogens is 208 g/mol. The minimum Gasteiger partial charge on any atom is -0.354 e. The highest BCUT2D eigenvalue weighted by atomic mass is 32.2. The molecule has 0 aromatic rings. The van der Waals surface area contributed by atoms with Gasteiger partial charge < -0.3 is 10.6 Å². The zero-order chi connectivity index (χ0) is 10.7. The van der Waals surface area contributed by atoms with Gasteiger partial charge in [0.05, 0.1) is 6.04 Å². The number of amides is 1. The molecule has 0 spiro atoms. The molecule has 1 heterocycles. The fourth-order valence-electron chi connectivity index (χ4n) is 1.95. The average molecular weight is 228 g/mol. The molecule has 2 atom stereocenters. The molecule has 3 nitrogen and oxygen atoms in total. The van der Waals surface area contributed by atoms with Crippen LogP contribution in [0.5, 0.6) is 0 Å². The van der Waals surface area contributed by atoms with Gasteiger partial charge in [0.1, 0.15) is 0 Å². The zero-order valence-corrected chi connectivity index (χ0v) is 10.1. The van der Waals surface area contributed by atoms with Gasteiger partial charge in [0, 0.05) is 24.6 Å². The summed E-state index contributed by atoms with van der Waals surface area (Å²) in [6, 6.07) is 0.0372. The van der Waals surface area contributed by atoms with E-state index < -0.39 is 0 Å². The maximum Gasteiger partial charge on any atom is 0.238 e. The number of hydrogen-bond donors (Lipinski definition) is 2. The van der Waals surface area contributed by atoms with E-state index in [2.05, 4.69) is 17.6 Å². The van der Waals surface area contributed by atoms with E-state index in [1.54, 1.807) is 0 Å². The third kappa shape index (κ3) is 3.38. The fourth-order valence-corrected chi connectivity index (χ4v) is 2.88. The fraction of sp³-hybridized carbons (Fsp3) is 0.909. The van der Waals surface area contributed by atoms with E-state index in [1.165, 1.54) is 12.8 Å². The van der Waals surface area contributed by atoms with Gasteiger partial charge in [-0.05, 0) is 24.7 Å². The minimum absolute atomic E-state index is 0.0372. The molecule has 86 valence electrons. The van der Waals surface area contributed by atoms with Crippen molar-refractivity contribution in [3.8, 4) is 0 Å². The molecule has 1 saturated heterocycles. The molecule has 1 saturated carbocycles. The van der Waals surface area contributed by atoms with Gasteiger partial charge in [0.15, 0.2) is 0 Å². The van der Waals surface area contributed by atoms with Gasteiger partial charge in [-0.3, -0.25) is 4.79 Å². The highest BCUT2D eigenvalue weighted by molar-refractivity contribution is 7.99. The van der Waals surface area contributed by atoms with E-state index in [-0.39, 0.29) is 11.9 Å². The molecule has 0 bridgehead atoms. The predicted octanol–water partition coefficient (Wildman–Crippen LogP) is 0.854. The molecule has 0 aromatic heterocycles. The Kier molecular flexibility index (Phi) is 3.92. The normalized spacial score (nSPS) is 28.5. The molecular formula is C11H20N2OS. The Morgan fingerprint density at radius 1 is 1.60 bits per heavy atom. The van der Waals surface area contributed by atoms with Crippen molar-refractivity contribution in [2.75, 3.05) is 24.6 Å². The summed E-state index contributed by atoms with van der Waals surface area (Å²) in [5, 5.41) is 6.31. The van der Waals surface area contributed by atoms with E-state index in [0.717, 1.165) is 30.5 Å². The third-order valence-electron chi connectivity index (χ3n) is 3.26. The van der Waals surface area contributed by atoms with E-state index in [9.17, 15) is 4.79 Å². The van der Waals surface area contributed by atoms with Gasteiger partial charge in [0.25, 0.3) is 0 Å². The van der Waals surface area contributed by atoms with Crippen molar-refractivity contribution in [2.45, 2.75) is 25.8 Å². The molecule has 0 aromatic carbocycles. The molecule has 4 heteroatoms. The maximum absolute atomic E-state index is 11.8. The van der Waals surface area contributed by atoms with Crippen molar-refractivity contribution >= 4 is 17.7 Å². The molecule has 0 radical (unpaired) electrons. The van der Waals surface area contributed by atoms with E-state index in [4.69, 9.17) is 0 Å². The summed E-state index contributed by atoms with van der Waals surface area (Å²) in [5.74, 6) is 3.77. The third-order valence-corrected chi connectivity index (χ3v) is 4.32. The summed E-state index contributed by atoms with van der Waals surface area (Å²) < 4.78 is 0. The SMILES string of the molecule is CC(CNC(=O)C1CSCCN1)C1CC1. The summed E-state index contributed by atoms with van der Waals surface area (Å²) in [5.41, 5.74) is 0. The van der Waals surface area contributed by atoms with Gasteiger partial charge in [-0.2, -0.15) is 11.8 Å². The van der Waals surface area contributed by atoms with Gasteiger partial charge in [-0.15, -0.1) is 0 Å². The standard InChI is InChI=1S/C11H20N2OS/c1-8(9-2-3-9)6-13-11(14)10-7-15-5-4-12-10/h8-10,12H,2-7H2,1H3,(H,13,14). The summed E-state index contributed by atoms with van der Waals surface area (Å²) in [6.45, 7) is 4.05. The Bertz CT molecular complexity index is 225. The molecule has 2 rings (SSSR count). The number of thioether (sulfide) groups is 1. The van der Waals surface area contributed by atoms with Crippen LogP contribution in [0.25, 0.3) is 0 Å². The first-order valence-corrected chi connectivity index (χ1v) is 7.01. The van der Waals surface area contributed by atoms with Crippen molar-refractivity contribution in [1.29, 1.82) is 0 Å². The van der Waals surface area contributed by atoms with E-state index in [0.29, 0.717) is 5.92 Å². The van der Waals surface area contributed by atoms with Crippen molar-refractivity contribution in [1.82, 2.24) is 10.6 Å². The first kappa shape index (κ1) is 11.3. The average Bonchev–Trinajstić information content (AvgIpc) is 3.10. The highest BCUT2D eigenvalue weighted by Crippen LogP contribution is 2.36. The van der Waals surface area contributed by atoms with E-state index in [1.807, 2.05) is 11.8 Å². The van der Waals surface area contributed by atoms with Crippen molar-refractivity contribution < 1.29 is 4.79 Å². The van der Waals surface area contributed by atoms with Crippen LogP contribution < -0.4 is 10.6 Å². The summed E-state index contributed by atoms with van der Waals surface area (Å²) in [7, 11) is 0. The Labute approximate surface area is 95.8 Å². The molecule has 1 amide bonds. The second-order valence-electron chi connectivity index (χ2n) is 4.64. The Balaban J connectivity index is 1.66. The first-order chi connectivity index (χ1) is 7.27.